The Balaban J connectivity index is 1.67. The Labute approximate surface area is 170 Å². The van der Waals surface area contributed by atoms with E-state index in [4.69, 9.17) is 15.2 Å². The van der Waals surface area contributed by atoms with Gasteiger partial charge in [-0.15, -0.1) is 0 Å². The van der Waals surface area contributed by atoms with Crippen molar-refractivity contribution in [3.8, 4) is 0 Å². The van der Waals surface area contributed by atoms with Crippen molar-refractivity contribution in [1.29, 1.82) is 0 Å². The maximum Gasteiger partial charge on any atom is 0.0813 e. The molecule has 3 nitrogen and oxygen atoms in total. The van der Waals surface area contributed by atoms with Crippen molar-refractivity contribution in [1.82, 2.24) is 0 Å². The Morgan fingerprint density at radius 1 is 0.667 bits per heavy atom. The minimum absolute atomic E-state index is 0.272. The Morgan fingerprint density at radius 3 is 1.56 bits per heavy atom. The first-order valence-corrected chi connectivity index (χ1v) is 12.3. The molecule has 0 bridgehead atoms. The van der Waals surface area contributed by atoms with Crippen LogP contribution in [0, 0.1) is 0 Å². The maximum atomic E-state index is 5.79. The van der Waals surface area contributed by atoms with Gasteiger partial charge in [0.2, 0.25) is 0 Å². The summed E-state index contributed by atoms with van der Waals surface area (Å²) in [6.45, 7) is 4.59. The van der Waals surface area contributed by atoms with E-state index >= 15 is 0 Å². The summed E-state index contributed by atoms with van der Waals surface area (Å²) in [5, 5.41) is 0. The molecule has 0 saturated carbocycles. The van der Waals surface area contributed by atoms with Crippen LogP contribution in [0.4, 0.5) is 0 Å². The second kappa shape index (κ2) is 19.2. The van der Waals surface area contributed by atoms with Crippen LogP contribution in [0.1, 0.15) is 122 Å². The molecule has 2 N–H and O–H groups in total. The first-order valence-electron chi connectivity index (χ1n) is 12.3. The van der Waals surface area contributed by atoms with E-state index < -0.39 is 0 Å². The molecule has 1 rings (SSSR count). The zero-order chi connectivity index (χ0) is 19.4. The Bertz CT molecular complexity index is 298. The lowest BCUT2D eigenvalue weighted by molar-refractivity contribution is -0.0126. The van der Waals surface area contributed by atoms with Gasteiger partial charge in [0.05, 0.1) is 18.8 Å². The number of hydrogen-bond acceptors (Lipinski definition) is 3. The zero-order valence-corrected chi connectivity index (χ0v) is 18.4. The lowest BCUT2D eigenvalue weighted by atomic mass is 10.0. The zero-order valence-electron chi connectivity index (χ0n) is 18.4. The van der Waals surface area contributed by atoms with Gasteiger partial charge in [-0.3, -0.25) is 0 Å². The molecule has 3 heteroatoms. The van der Waals surface area contributed by atoms with Crippen LogP contribution in [0.15, 0.2) is 0 Å². The molecule has 0 aromatic carbocycles. The van der Waals surface area contributed by atoms with Crippen molar-refractivity contribution in [2.24, 2.45) is 5.73 Å². The third-order valence-electron chi connectivity index (χ3n) is 5.90. The maximum absolute atomic E-state index is 5.79. The van der Waals surface area contributed by atoms with Gasteiger partial charge in [0.1, 0.15) is 0 Å². The van der Waals surface area contributed by atoms with E-state index in [1.807, 2.05) is 0 Å². The highest BCUT2D eigenvalue weighted by Gasteiger charge is 2.23. The van der Waals surface area contributed by atoms with Crippen molar-refractivity contribution in [3.63, 3.8) is 0 Å². The second-order valence-electron chi connectivity index (χ2n) is 8.57. The molecule has 2 unspecified atom stereocenters. The van der Waals surface area contributed by atoms with Crippen molar-refractivity contribution in [2.75, 3.05) is 19.8 Å². The third-order valence-corrected chi connectivity index (χ3v) is 5.90. The van der Waals surface area contributed by atoms with Gasteiger partial charge < -0.3 is 15.2 Å². The highest BCUT2D eigenvalue weighted by atomic mass is 16.5. The highest BCUT2D eigenvalue weighted by Crippen LogP contribution is 2.19. The fourth-order valence-corrected chi connectivity index (χ4v) is 4.04. The van der Waals surface area contributed by atoms with Gasteiger partial charge >= 0.3 is 0 Å². The second-order valence-corrected chi connectivity index (χ2v) is 8.57. The molecule has 162 valence electrons. The van der Waals surface area contributed by atoms with Crippen LogP contribution in [0.2, 0.25) is 0 Å². The summed E-state index contributed by atoms with van der Waals surface area (Å²) in [7, 11) is 0. The summed E-state index contributed by atoms with van der Waals surface area (Å²) in [6.07, 6.45) is 25.4. The molecule has 0 aromatic rings. The first kappa shape index (κ1) is 24.9. The summed E-state index contributed by atoms with van der Waals surface area (Å²) in [5.41, 5.74) is 5.63. The van der Waals surface area contributed by atoms with Crippen molar-refractivity contribution in [3.05, 3.63) is 0 Å². The fraction of sp³-hybridized carbons (Fsp3) is 1.00. The van der Waals surface area contributed by atoms with E-state index in [1.165, 1.54) is 103 Å². The molecule has 1 aliphatic heterocycles. The molecule has 1 heterocycles. The van der Waals surface area contributed by atoms with Crippen molar-refractivity contribution < 1.29 is 9.47 Å². The summed E-state index contributed by atoms with van der Waals surface area (Å²) in [5.74, 6) is 0. The molecule has 0 amide bonds. The van der Waals surface area contributed by atoms with E-state index in [-0.39, 0.29) is 6.10 Å². The minimum Gasteiger partial charge on any atom is -0.379 e. The van der Waals surface area contributed by atoms with Crippen molar-refractivity contribution in [2.45, 2.75) is 135 Å². The smallest absolute Gasteiger partial charge is 0.0813 e. The highest BCUT2D eigenvalue weighted by molar-refractivity contribution is 4.73. The third kappa shape index (κ3) is 15.5. The molecule has 1 aliphatic rings. The van der Waals surface area contributed by atoms with Crippen molar-refractivity contribution >= 4 is 0 Å². The van der Waals surface area contributed by atoms with Crippen LogP contribution in [0.5, 0.6) is 0 Å². The average Bonchev–Trinajstić information content (AvgIpc) is 3.15. The molecule has 0 radical (unpaired) electrons. The van der Waals surface area contributed by atoms with Crippen LogP contribution in [-0.4, -0.2) is 32.0 Å². The van der Waals surface area contributed by atoms with E-state index in [2.05, 4.69) is 6.92 Å². The Kier molecular flexibility index (Phi) is 17.7. The standard InChI is InChI=1S/C24H49NO2/c1-2-3-4-5-6-7-8-9-10-11-12-13-14-15-16-17-20-26-22-24-19-18-23(21-25)27-24/h23-24H,2-22,25H2,1H3. The Morgan fingerprint density at radius 2 is 1.11 bits per heavy atom. The van der Waals surface area contributed by atoms with Crippen LogP contribution < -0.4 is 5.73 Å². The van der Waals surface area contributed by atoms with Gasteiger partial charge in [0.15, 0.2) is 0 Å². The number of nitrogens with two attached hydrogens (primary N) is 1. The molecular weight excluding hydrogens is 334 g/mol. The predicted molar refractivity (Wildman–Crippen MR) is 117 cm³/mol. The van der Waals surface area contributed by atoms with E-state index in [1.54, 1.807) is 0 Å². The monoisotopic (exact) mass is 383 g/mol. The molecule has 27 heavy (non-hydrogen) atoms. The van der Waals surface area contributed by atoms with Gasteiger partial charge in [0, 0.05) is 13.2 Å². The quantitative estimate of drug-likeness (QED) is 0.236. The molecule has 2 atom stereocenters. The van der Waals surface area contributed by atoms with Gasteiger partial charge in [-0.2, -0.15) is 0 Å². The lowest BCUT2D eigenvalue weighted by Crippen LogP contribution is -2.22. The molecule has 1 fully saturated rings. The first-order chi connectivity index (χ1) is 13.4. The van der Waals surface area contributed by atoms with Crippen LogP contribution in [0.3, 0.4) is 0 Å². The Hall–Kier alpha value is -0.120. The summed E-state index contributed by atoms with van der Waals surface area (Å²) < 4.78 is 11.6. The van der Waals surface area contributed by atoms with Gasteiger partial charge in [-0.25, -0.2) is 0 Å². The molecule has 0 spiro atoms. The van der Waals surface area contributed by atoms with Crippen LogP contribution in [-0.2, 0) is 9.47 Å². The molecule has 1 saturated heterocycles. The van der Waals surface area contributed by atoms with E-state index in [0.717, 1.165) is 26.1 Å². The number of ether oxygens (including phenoxy) is 2. The summed E-state index contributed by atoms with van der Waals surface area (Å²) >= 11 is 0. The van der Waals surface area contributed by atoms with Crippen LogP contribution >= 0.6 is 0 Å². The summed E-state index contributed by atoms with van der Waals surface area (Å²) in [4.78, 5) is 0. The number of hydrogen-bond donors (Lipinski definition) is 1. The largest absolute Gasteiger partial charge is 0.379 e. The van der Waals surface area contributed by atoms with E-state index in [0.29, 0.717) is 12.6 Å². The van der Waals surface area contributed by atoms with E-state index in [9.17, 15) is 0 Å². The fourth-order valence-electron chi connectivity index (χ4n) is 4.04. The lowest BCUT2D eigenvalue weighted by Gasteiger charge is -2.12. The molecular formula is C24H49NO2. The predicted octanol–water partition coefficient (Wildman–Crippen LogP) is 6.77. The minimum atomic E-state index is 0.272. The summed E-state index contributed by atoms with van der Waals surface area (Å²) in [6, 6.07) is 0. The number of unbranched alkanes of at least 4 members (excludes halogenated alkanes) is 15. The number of rotatable bonds is 20. The molecule has 0 aliphatic carbocycles. The average molecular weight is 384 g/mol. The molecule has 0 aromatic heterocycles. The SMILES string of the molecule is CCCCCCCCCCCCCCCCCCOCC1CCC(CN)O1. The topological polar surface area (TPSA) is 44.5 Å². The van der Waals surface area contributed by atoms with Crippen LogP contribution in [0.25, 0.3) is 0 Å². The van der Waals surface area contributed by atoms with Gasteiger partial charge in [-0.05, 0) is 19.3 Å². The van der Waals surface area contributed by atoms with Gasteiger partial charge in [-0.1, -0.05) is 103 Å². The van der Waals surface area contributed by atoms with Gasteiger partial charge in [0.25, 0.3) is 0 Å². The normalized spacial score (nSPS) is 19.8.